The number of anilines is 1. The molecule has 1 aliphatic rings. The van der Waals surface area contributed by atoms with Crippen molar-refractivity contribution in [1.29, 1.82) is 0 Å². The van der Waals surface area contributed by atoms with E-state index in [1.807, 2.05) is 32.9 Å². The van der Waals surface area contributed by atoms with E-state index in [0.29, 0.717) is 34.5 Å². The Hall–Kier alpha value is -3.22. The summed E-state index contributed by atoms with van der Waals surface area (Å²) >= 11 is 0. The van der Waals surface area contributed by atoms with Crippen LogP contribution in [0.25, 0.3) is 11.0 Å². The Morgan fingerprint density at radius 3 is 2.41 bits per heavy atom. The minimum absolute atomic E-state index is 0.0645. The molecule has 166 valence electrons. The molecule has 32 heavy (non-hydrogen) atoms. The summed E-state index contributed by atoms with van der Waals surface area (Å²) < 4.78 is 28.9. The molecule has 3 aromatic rings. The van der Waals surface area contributed by atoms with Gasteiger partial charge in [-0.15, -0.1) is 0 Å². The van der Waals surface area contributed by atoms with Crippen molar-refractivity contribution in [3.05, 3.63) is 47.7 Å². The molecule has 1 saturated carbocycles. The van der Waals surface area contributed by atoms with E-state index in [2.05, 4.69) is 32.1 Å². The highest BCUT2D eigenvalue weighted by Crippen LogP contribution is 2.28. The molecule has 2 aromatic heterocycles. The fraction of sp³-hybridized carbons (Fsp3) is 0.348. The lowest BCUT2D eigenvalue weighted by Crippen LogP contribution is -2.14. The molecule has 0 bridgehead atoms. The van der Waals surface area contributed by atoms with Crippen LogP contribution in [0.3, 0.4) is 0 Å². The van der Waals surface area contributed by atoms with E-state index >= 15 is 0 Å². The number of nitrogens with one attached hydrogen (secondary N) is 1. The number of benzene rings is 1. The van der Waals surface area contributed by atoms with E-state index in [9.17, 15) is 8.42 Å². The van der Waals surface area contributed by atoms with Crippen LogP contribution in [0.4, 0.5) is 5.95 Å². The van der Waals surface area contributed by atoms with Gasteiger partial charge in [0.2, 0.25) is 21.9 Å². The van der Waals surface area contributed by atoms with Crippen LogP contribution in [0.15, 0.2) is 41.3 Å². The molecular weight excluding hydrogens is 426 g/mol. The van der Waals surface area contributed by atoms with E-state index in [4.69, 9.17) is 9.88 Å². The maximum absolute atomic E-state index is 11.5. The first-order valence-electron chi connectivity index (χ1n) is 10.5. The van der Waals surface area contributed by atoms with E-state index < -0.39 is 10.0 Å². The molecule has 2 heterocycles. The largest absolute Gasteiger partial charge is 0.473 e. The van der Waals surface area contributed by atoms with Gasteiger partial charge >= 0.3 is 0 Å². The average molecular weight is 452 g/mol. The fourth-order valence-corrected chi connectivity index (χ4v) is 3.57. The second-order valence-electron chi connectivity index (χ2n) is 8.11. The van der Waals surface area contributed by atoms with E-state index in [-0.39, 0.29) is 17.0 Å². The first-order valence-corrected chi connectivity index (χ1v) is 12.0. The highest BCUT2D eigenvalue weighted by atomic mass is 32.2. The number of nitrogens with two attached hydrogens (primary N) is 1. The van der Waals surface area contributed by atoms with Gasteiger partial charge in [0.1, 0.15) is 5.69 Å². The van der Waals surface area contributed by atoms with Crippen LogP contribution in [0.5, 0.6) is 5.88 Å². The van der Waals surface area contributed by atoms with Crippen molar-refractivity contribution >= 4 is 27.0 Å². The van der Waals surface area contributed by atoms with Crippen molar-refractivity contribution in [1.82, 2.24) is 15.0 Å². The molecule has 0 amide bonds. The van der Waals surface area contributed by atoms with Gasteiger partial charge in [-0.05, 0) is 69.4 Å². The Morgan fingerprint density at radius 2 is 1.78 bits per heavy atom. The van der Waals surface area contributed by atoms with Crippen molar-refractivity contribution in [2.45, 2.75) is 50.7 Å². The predicted octanol–water partition coefficient (Wildman–Crippen LogP) is 3.39. The second kappa shape index (κ2) is 8.73. The standard InChI is InChI=1S/C23H25N5O3S/c1-14(2)31-22-21-20(13-10-18(26-21)9-6-16-4-5-16)27-23(28-22)25-15(3)17-7-11-19(12-8-17)32(24,29)30/h7-8,10-16H,4-5H2,1-3H3,(H2,24,29,30)(H,25,27,28). The molecule has 1 aliphatic carbocycles. The summed E-state index contributed by atoms with van der Waals surface area (Å²) in [5, 5.41) is 8.42. The lowest BCUT2D eigenvalue weighted by atomic mass is 10.1. The Bertz CT molecular complexity index is 1310. The number of ether oxygens (including phenoxy) is 1. The molecule has 0 spiro atoms. The molecule has 8 nitrogen and oxygen atoms in total. The molecule has 4 rings (SSSR count). The average Bonchev–Trinajstić information content (AvgIpc) is 3.56. The smallest absolute Gasteiger partial charge is 0.245 e. The van der Waals surface area contributed by atoms with Crippen LogP contribution in [-0.4, -0.2) is 29.5 Å². The Balaban J connectivity index is 1.63. The Morgan fingerprint density at radius 1 is 1.06 bits per heavy atom. The third kappa shape index (κ3) is 5.33. The van der Waals surface area contributed by atoms with Gasteiger partial charge in [-0.2, -0.15) is 4.98 Å². The van der Waals surface area contributed by atoms with Gasteiger partial charge in [-0.1, -0.05) is 18.1 Å². The predicted molar refractivity (Wildman–Crippen MR) is 123 cm³/mol. The summed E-state index contributed by atoms with van der Waals surface area (Å²) in [6.45, 7) is 5.78. The first-order chi connectivity index (χ1) is 15.2. The van der Waals surface area contributed by atoms with Gasteiger partial charge in [0.05, 0.1) is 22.6 Å². The minimum atomic E-state index is -3.73. The van der Waals surface area contributed by atoms with E-state index in [1.54, 1.807) is 12.1 Å². The maximum Gasteiger partial charge on any atom is 0.245 e. The van der Waals surface area contributed by atoms with Crippen molar-refractivity contribution in [2.24, 2.45) is 11.1 Å². The highest BCUT2D eigenvalue weighted by molar-refractivity contribution is 7.89. The number of sulfonamides is 1. The SMILES string of the molecule is CC(C)Oc1nc(NC(C)c2ccc(S(N)(=O)=O)cc2)nc2ccc(C#CC3CC3)nc12. The molecule has 1 aromatic carbocycles. The number of rotatable bonds is 6. The van der Waals surface area contributed by atoms with Crippen LogP contribution in [0, 0.1) is 17.8 Å². The van der Waals surface area contributed by atoms with Gasteiger partial charge in [-0.3, -0.25) is 0 Å². The number of hydrogen-bond acceptors (Lipinski definition) is 7. The molecular formula is C23H25N5O3S. The monoisotopic (exact) mass is 451 g/mol. The number of hydrogen-bond donors (Lipinski definition) is 2. The van der Waals surface area contributed by atoms with E-state index in [1.165, 1.54) is 12.1 Å². The molecule has 0 radical (unpaired) electrons. The summed E-state index contributed by atoms with van der Waals surface area (Å²) in [5.74, 6) is 7.60. The van der Waals surface area contributed by atoms with Crippen molar-refractivity contribution in [3.63, 3.8) is 0 Å². The molecule has 3 N–H and O–H groups in total. The Labute approximate surface area is 187 Å². The summed E-state index contributed by atoms with van der Waals surface area (Å²) in [6.07, 6.45) is 2.22. The second-order valence-corrected chi connectivity index (χ2v) is 9.67. The lowest BCUT2D eigenvalue weighted by Gasteiger charge is -2.17. The minimum Gasteiger partial charge on any atom is -0.473 e. The number of aromatic nitrogens is 3. The lowest BCUT2D eigenvalue weighted by molar-refractivity contribution is 0.235. The van der Waals surface area contributed by atoms with Gasteiger partial charge < -0.3 is 10.1 Å². The zero-order valence-corrected chi connectivity index (χ0v) is 19.0. The van der Waals surface area contributed by atoms with Crippen LogP contribution in [-0.2, 0) is 10.0 Å². The molecule has 9 heteroatoms. The summed E-state index contributed by atoms with van der Waals surface area (Å²) in [5.41, 5.74) is 2.74. The Kier molecular flexibility index (Phi) is 6.00. The quantitative estimate of drug-likeness (QED) is 0.551. The molecule has 0 aliphatic heterocycles. The van der Waals surface area contributed by atoms with Crippen LogP contribution >= 0.6 is 0 Å². The normalized spacial score (nSPS) is 14.7. The zero-order valence-electron chi connectivity index (χ0n) is 18.2. The van der Waals surface area contributed by atoms with Crippen LogP contribution in [0.2, 0.25) is 0 Å². The maximum atomic E-state index is 11.5. The van der Waals surface area contributed by atoms with Crippen LogP contribution in [0.1, 0.15) is 50.9 Å². The molecule has 1 unspecified atom stereocenters. The third-order valence-corrected chi connectivity index (χ3v) is 5.82. The van der Waals surface area contributed by atoms with Crippen LogP contribution < -0.4 is 15.2 Å². The van der Waals surface area contributed by atoms with E-state index in [0.717, 1.165) is 18.4 Å². The fourth-order valence-electron chi connectivity index (χ4n) is 3.05. The molecule has 1 atom stereocenters. The molecule has 0 saturated heterocycles. The van der Waals surface area contributed by atoms with Gasteiger partial charge in [0.15, 0.2) is 5.52 Å². The number of pyridine rings is 1. The van der Waals surface area contributed by atoms with Gasteiger partial charge in [-0.25, -0.2) is 23.5 Å². The zero-order chi connectivity index (χ0) is 22.9. The first kappa shape index (κ1) is 22.0. The van der Waals surface area contributed by atoms with Crippen molar-refractivity contribution < 1.29 is 13.2 Å². The van der Waals surface area contributed by atoms with Gasteiger partial charge in [0, 0.05) is 5.92 Å². The number of nitrogens with zero attached hydrogens (tertiary/aromatic N) is 3. The van der Waals surface area contributed by atoms with Crippen molar-refractivity contribution in [2.75, 3.05) is 5.32 Å². The third-order valence-electron chi connectivity index (χ3n) is 4.89. The van der Waals surface area contributed by atoms with Crippen molar-refractivity contribution in [3.8, 4) is 17.7 Å². The number of primary sulfonamides is 1. The highest BCUT2D eigenvalue weighted by Gasteiger charge is 2.18. The summed E-state index contributed by atoms with van der Waals surface area (Å²) in [4.78, 5) is 13.8. The summed E-state index contributed by atoms with van der Waals surface area (Å²) in [6, 6.07) is 9.89. The van der Waals surface area contributed by atoms with Gasteiger partial charge in [0.25, 0.3) is 0 Å². The topological polar surface area (TPSA) is 120 Å². The number of fused-ring (bicyclic) bond motifs is 1. The molecule has 1 fully saturated rings. The summed E-state index contributed by atoms with van der Waals surface area (Å²) in [7, 11) is -3.73.